The number of anilines is 1. The van der Waals surface area contributed by atoms with E-state index in [2.05, 4.69) is 42.3 Å². The van der Waals surface area contributed by atoms with Gasteiger partial charge in [-0.15, -0.1) is 0 Å². The van der Waals surface area contributed by atoms with Crippen molar-refractivity contribution in [1.29, 1.82) is 0 Å². The summed E-state index contributed by atoms with van der Waals surface area (Å²) < 4.78 is 0. The lowest BCUT2D eigenvalue weighted by molar-refractivity contribution is 0.449. The SMILES string of the molecule is CCC1CCCCN1c1ccc(C)cc1CNC. The first-order valence-corrected chi connectivity index (χ1v) is 7.27. The van der Waals surface area contributed by atoms with Crippen molar-refractivity contribution in [3.63, 3.8) is 0 Å². The largest absolute Gasteiger partial charge is 0.368 e. The van der Waals surface area contributed by atoms with E-state index in [9.17, 15) is 0 Å². The van der Waals surface area contributed by atoms with Gasteiger partial charge in [0.1, 0.15) is 0 Å². The lowest BCUT2D eigenvalue weighted by Gasteiger charge is -2.38. The molecular weight excluding hydrogens is 220 g/mol. The summed E-state index contributed by atoms with van der Waals surface area (Å²) in [6.07, 6.45) is 5.34. The molecule has 2 nitrogen and oxygen atoms in total. The summed E-state index contributed by atoms with van der Waals surface area (Å²) in [6, 6.07) is 7.62. The monoisotopic (exact) mass is 246 g/mol. The maximum Gasteiger partial charge on any atom is 0.0414 e. The first-order valence-electron chi connectivity index (χ1n) is 7.27. The quantitative estimate of drug-likeness (QED) is 0.875. The molecule has 1 saturated heterocycles. The highest BCUT2D eigenvalue weighted by Crippen LogP contribution is 2.30. The Bertz CT molecular complexity index is 387. The van der Waals surface area contributed by atoms with Gasteiger partial charge in [-0.05, 0) is 51.3 Å². The molecule has 1 heterocycles. The van der Waals surface area contributed by atoms with Gasteiger partial charge in [-0.2, -0.15) is 0 Å². The smallest absolute Gasteiger partial charge is 0.0414 e. The molecule has 0 saturated carbocycles. The van der Waals surface area contributed by atoms with Gasteiger partial charge in [0.2, 0.25) is 0 Å². The van der Waals surface area contributed by atoms with Crippen LogP contribution in [0.5, 0.6) is 0 Å². The molecule has 1 unspecified atom stereocenters. The molecule has 1 aliphatic heterocycles. The third-order valence-electron chi connectivity index (χ3n) is 4.01. The van der Waals surface area contributed by atoms with Gasteiger partial charge in [-0.1, -0.05) is 24.6 Å². The Labute approximate surface area is 111 Å². The number of nitrogens with zero attached hydrogens (tertiary/aromatic N) is 1. The number of nitrogens with one attached hydrogen (secondary N) is 1. The van der Waals surface area contributed by atoms with Crippen LogP contribution >= 0.6 is 0 Å². The summed E-state index contributed by atoms with van der Waals surface area (Å²) in [6.45, 7) is 6.67. The predicted octanol–water partition coefficient (Wildman–Crippen LogP) is 3.48. The summed E-state index contributed by atoms with van der Waals surface area (Å²) in [5.74, 6) is 0. The van der Waals surface area contributed by atoms with Gasteiger partial charge in [0.15, 0.2) is 0 Å². The van der Waals surface area contributed by atoms with Gasteiger partial charge < -0.3 is 10.2 Å². The van der Waals surface area contributed by atoms with Gasteiger partial charge in [0.25, 0.3) is 0 Å². The molecule has 1 aliphatic rings. The van der Waals surface area contributed by atoms with Crippen LogP contribution in [-0.4, -0.2) is 19.6 Å². The molecule has 1 N–H and O–H groups in total. The number of rotatable bonds is 4. The molecule has 0 aromatic heterocycles. The Hall–Kier alpha value is -1.02. The molecule has 2 rings (SSSR count). The van der Waals surface area contributed by atoms with E-state index >= 15 is 0 Å². The van der Waals surface area contributed by atoms with Crippen LogP contribution in [0.3, 0.4) is 0 Å². The topological polar surface area (TPSA) is 15.3 Å². The molecule has 0 amide bonds. The summed E-state index contributed by atoms with van der Waals surface area (Å²) in [7, 11) is 2.03. The van der Waals surface area contributed by atoms with Crippen LogP contribution in [-0.2, 0) is 6.54 Å². The number of hydrogen-bond acceptors (Lipinski definition) is 2. The van der Waals surface area contributed by atoms with Gasteiger partial charge in [-0.25, -0.2) is 0 Å². The molecule has 1 atom stereocenters. The molecule has 1 aromatic rings. The third kappa shape index (κ3) is 2.86. The average Bonchev–Trinajstić information content (AvgIpc) is 2.39. The lowest BCUT2D eigenvalue weighted by Crippen LogP contribution is -2.39. The Morgan fingerprint density at radius 2 is 2.17 bits per heavy atom. The highest BCUT2D eigenvalue weighted by atomic mass is 15.2. The Kier molecular flexibility index (Phi) is 4.65. The number of benzene rings is 1. The van der Waals surface area contributed by atoms with Crippen LogP contribution in [0.1, 0.15) is 43.7 Å². The first kappa shape index (κ1) is 13.4. The summed E-state index contributed by atoms with van der Waals surface area (Å²) in [5.41, 5.74) is 4.24. The highest BCUT2D eigenvalue weighted by molar-refractivity contribution is 5.56. The van der Waals surface area contributed by atoms with E-state index in [0.717, 1.165) is 12.6 Å². The zero-order chi connectivity index (χ0) is 13.0. The van der Waals surface area contributed by atoms with Crippen LogP contribution in [0.25, 0.3) is 0 Å². The molecule has 1 fully saturated rings. The van der Waals surface area contributed by atoms with Crippen molar-refractivity contribution >= 4 is 5.69 Å². The fourth-order valence-corrected chi connectivity index (χ4v) is 3.07. The normalized spacial score (nSPS) is 20.2. The van der Waals surface area contributed by atoms with Crippen molar-refractivity contribution in [3.05, 3.63) is 29.3 Å². The molecule has 18 heavy (non-hydrogen) atoms. The molecule has 0 spiro atoms. The van der Waals surface area contributed by atoms with E-state index in [4.69, 9.17) is 0 Å². The van der Waals surface area contributed by atoms with E-state index in [-0.39, 0.29) is 0 Å². The number of hydrogen-bond donors (Lipinski definition) is 1. The number of piperidine rings is 1. The van der Waals surface area contributed by atoms with Crippen molar-refractivity contribution in [2.45, 2.75) is 52.1 Å². The van der Waals surface area contributed by atoms with Crippen LogP contribution in [0.2, 0.25) is 0 Å². The highest BCUT2D eigenvalue weighted by Gasteiger charge is 2.22. The van der Waals surface area contributed by atoms with Gasteiger partial charge in [0.05, 0.1) is 0 Å². The van der Waals surface area contributed by atoms with Crippen molar-refractivity contribution < 1.29 is 0 Å². The zero-order valence-corrected chi connectivity index (χ0v) is 12.0. The summed E-state index contributed by atoms with van der Waals surface area (Å²) >= 11 is 0. The molecule has 1 aromatic carbocycles. The van der Waals surface area contributed by atoms with Crippen LogP contribution < -0.4 is 10.2 Å². The van der Waals surface area contributed by atoms with Crippen LogP contribution in [0.15, 0.2) is 18.2 Å². The lowest BCUT2D eigenvalue weighted by atomic mass is 9.97. The minimum atomic E-state index is 0.733. The standard InChI is InChI=1S/C16H26N2/c1-4-15-7-5-6-10-18(15)16-9-8-13(2)11-14(16)12-17-3/h8-9,11,15,17H,4-7,10,12H2,1-3H3. The summed E-state index contributed by atoms with van der Waals surface area (Å²) in [4.78, 5) is 2.63. The van der Waals surface area contributed by atoms with E-state index in [0.29, 0.717) is 0 Å². The zero-order valence-electron chi connectivity index (χ0n) is 12.0. The van der Waals surface area contributed by atoms with Gasteiger partial charge >= 0.3 is 0 Å². The fraction of sp³-hybridized carbons (Fsp3) is 0.625. The molecule has 0 radical (unpaired) electrons. The second kappa shape index (κ2) is 6.24. The predicted molar refractivity (Wildman–Crippen MR) is 79.2 cm³/mol. The van der Waals surface area contributed by atoms with Crippen LogP contribution in [0, 0.1) is 6.92 Å². The minimum absolute atomic E-state index is 0.733. The minimum Gasteiger partial charge on any atom is -0.368 e. The van der Waals surface area contributed by atoms with Gasteiger partial charge in [0, 0.05) is 24.8 Å². The molecule has 2 heteroatoms. The van der Waals surface area contributed by atoms with Crippen molar-refractivity contribution in [1.82, 2.24) is 5.32 Å². The van der Waals surface area contributed by atoms with E-state index < -0.39 is 0 Å². The van der Waals surface area contributed by atoms with E-state index in [1.165, 1.54) is 49.0 Å². The molecule has 100 valence electrons. The fourth-order valence-electron chi connectivity index (χ4n) is 3.07. The van der Waals surface area contributed by atoms with Gasteiger partial charge in [-0.3, -0.25) is 0 Å². The van der Waals surface area contributed by atoms with Crippen molar-refractivity contribution in [2.24, 2.45) is 0 Å². The Morgan fingerprint density at radius 3 is 2.89 bits per heavy atom. The molecular formula is C16H26N2. The maximum absolute atomic E-state index is 3.30. The van der Waals surface area contributed by atoms with E-state index in [1.807, 2.05) is 7.05 Å². The summed E-state index contributed by atoms with van der Waals surface area (Å²) in [5, 5.41) is 3.30. The van der Waals surface area contributed by atoms with Crippen molar-refractivity contribution in [3.8, 4) is 0 Å². The Balaban J connectivity index is 2.29. The van der Waals surface area contributed by atoms with E-state index in [1.54, 1.807) is 0 Å². The number of aryl methyl sites for hydroxylation is 1. The second-order valence-electron chi connectivity index (χ2n) is 5.41. The third-order valence-corrected chi connectivity index (χ3v) is 4.01. The van der Waals surface area contributed by atoms with Crippen LogP contribution in [0.4, 0.5) is 5.69 Å². The maximum atomic E-state index is 3.30. The molecule has 0 bridgehead atoms. The Morgan fingerprint density at radius 1 is 1.33 bits per heavy atom. The van der Waals surface area contributed by atoms with Crippen molar-refractivity contribution in [2.75, 3.05) is 18.5 Å². The molecule has 0 aliphatic carbocycles. The average molecular weight is 246 g/mol. The second-order valence-corrected chi connectivity index (χ2v) is 5.41. The first-order chi connectivity index (χ1) is 8.76.